The molecule has 0 aliphatic carbocycles. The minimum atomic E-state index is -0.188. The molecule has 0 unspecified atom stereocenters. The third kappa shape index (κ3) is 4.94. The average molecular weight is 387 g/mol. The van der Waals surface area contributed by atoms with E-state index in [9.17, 15) is 9.90 Å². The zero-order valence-electron chi connectivity index (χ0n) is 16.3. The van der Waals surface area contributed by atoms with Crippen molar-refractivity contribution in [3.05, 3.63) is 88.5 Å². The molecular formula is C24H21NO4. The molecule has 0 spiro atoms. The van der Waals surface area contributed by atoms with Crippen LogP contribution in [0.4, 0.5) is 0 Å². The van der Waals surface area contributed by atoms with Gasteiger partial charge >= 0.3 is 0 Å². The first kappa shape index (κ1) is 20.0. The summed E-state index contributed by atoms with van der Waals surface area (Å²) in [6.45, 7) is 3.84. The number of carbonyl (C=O) groups is 1. The number of phenols is 1. The van der Waals surface area contributed by atoms with Crippen LogP contribution >= 0.6 is 0 Å². The van der Waals surface area contributed by atoms with Crippen molar-refractivity contribution in [2.24, 2.45) is 0 Å². The van der Waals surface area contributed by atoms with Gasteiger partial charge in [0.05, 0.1) is 17.2 Å². The van der Waals surface area contributed by atoms with Gasteiger partial charge in [-0.15, -0.1) is 0 Å². The molecule has 3 rings (SSSR count). The first-order chi connectivity index (χ1) is 14.0. The molecule has 5 heteroatoms. The van der Waals surface area contributed by atoms with Crippen molar-refractivity contribution in [2.75, 3.05) is 0 Å². The zero-order valence-corrected chi connectivity index (χ0v) is 16.3. The minimum absolute atomic E-state index is 0.0424. The number of carbonyl (C=O) groups excluding carboxylic acids is 1. The van der Waals surface area contributed by atoms with E-state index in [-0.39, 0.29) is 17.1 Å². The Morgan fingerprint density at radius 3 is 2.41 bits per heavy atom. The van der Waals surface area contributed by atoms with Crippen LogP contribution in [0.15, 0.2) is 60.7 Å². The summed E-state index contributed by atoms with van der Waals surface area (Å²) in [6, 6.07) is 20.2. The maximum absolute atomic E-state index is 11.5. The van der Waals surface area contributed by atoms with Crippen LogP contribution in [-0.4, -0.2) is 10.9 Å². The van der Waals surface area contributed by atoms with Crippen molar-refractivity contribution in [1.82, 2.24) is 0 Å². The number of ether oxygens (including phenoxy) is 2. The molecule has 3 aromatic rings. The number of nitriles is 1. The van der Waals surface area contributed by atoms with Crippen LogP contribution in [0.1, 0.15) is 39.5 Å². The van der Waals surface area contributed by atoms with E-state index in [1.54, 1.807) is 31.2 Å². The molecule has 3 aromatic carbocycles. The SMILES string of the molecule is CC(=O)c1ccc(OCc2ccc(OCc3cccc(C#N)c3)cc2)c(C)c1O. The van der Waals surface area contributed by atoms with Crippen LogP contribution in [0.2, 0.25) is 0 Å². The summed E-state index contributed by atoms with van der Waals surface area (Å²) >= 11 is 0. The summed E-state index contributed by atoms with van der Waals surface area (Å²) in [5.74, 6) is 1.02. The molecule has 0 saturated heterocycles. The van der Waals surface area contributed by atoms with Crippen molar-refractivity contribution in [1.29, 1.82) is 5.26 Å². The summed E-state index contributed by atoms with van der Waals surface area (Å²) in [7, 11) is 0. The lowest BCUT2D eigenvalue weighted by Gasteiger charge is -2.13. The van der Waals surface area contributed by atoms with Gasteiger partial charge in [-0.2, -0.15) is 5.26 Å². The molecule has 0 aliphatic rings. The fourth-order valence-corrected chi connectivity index (χ4v) is 2.86. The summed E-state index contributed by atoms with van der Waals surface area (Å²) in [5.41, 5.74) is 3.31. The normalized spacial score (nSPS) is 10.2. The number of benzene rings is 3. The average Bonchev–Trinajstić information content (AvgIpc) is 2.74. The second-order valence-electron chi connectivity index (χ2n) is 6.67. The fraction of sp³-hybridized carbons (Fsp3) is 0.167. The van der Waals surface area contributed by atoms with Crippen molar-refractivity contribution in [3.8, 4) is 23.3 Å². The number of Topliss-reactive ketones (excluding diaryl/α,β-unsaturated/α-hetero) is 1. The zero-order chi connectivity index (χ0) is 20.8. The lowest BCUT2D eigenvalue weighted by atomic mass is 10.1. The molecule has 0 aromatic heterocycles. The molecule has 29 heavy (non-hydrogen) atoms. The fourth-order valence-electron chi connectivity index (χ4n) is 2.86. The Morgan fingerprint density at radius 1 is 1.00 bits per heavy atom. The largest absolute Gasteiger partial charge is 0.507 e. The molecule has 0 radical (unpaired) electrons. The quantitative estimate of drug-likeness (QED) is 0.581. The molecule has 0 fully saturated rings. The first-order valence-corrected chi connectivity index (χ1v) is 9.15. The Hall–Kier alpha value is -3.78. The van der Waals surface area contributed by atoms with Crippen LogP contribution in [0.5, 0.6) is 17.2 Å². The number of aromatic hydroxyl groups is 1. The summed E-state index contributed by atoms with van der Waals surface area (Å²) in [4.78, 5) is 11.5. The van der Waals surface area contributed by atoms with E-state index in [4.69, 9.17) is 14.7 Å². The Kier molecular flexibility index (Phi) is 6.16. The number of phenolic OH excluding ortho intramolecular Hbond substituents is 1. The van der Waals surface area contributed by atoms with Gasteiger partial charge < -0.3 is 14.6 Å². The Morgan fingerprint density at radius 2 is 1.72 bits per heavy atom. The van der Waals surface area contributed by atoms with E-state index in [0.717, 1.165) is 16.9 Å². The molecule has 0 atom stereocenters. The van der Waals surface area contributed by atoms with Gasteiger partial charge in [-0.25, -0.2) is 0 Å². The lowest BCUT2D eigenvalue weighted by Crippen LogP contribution is -2.00. The van der Waals surface area contributed by atoms with Crippen LogP contribution < -0.4 is 9.47 Å². The maximum atomic E-state index is 11.5. The Labute approximate surface area is 169 Å². The van der Waals surface area contributed by atoms with E-state index in [1.807, 2.05) is 36.4 Å². The topological polar surface area (TPSA) is 79.5 Å². The Bertz CT molecular complexity index is 1070. The van der Waals surface area contributed by atoms with Crippen molar-refractivity contribution in [2.45, 2.75) is 27.1 Å². The molecule has 5 nitrogen and oxygen atoms in total. The highest BCUT2D eigenvalue weighted by atomic mass is 16.5. The number of ketones is 1. The molecule has 0 heterocycles. The number of hydrogen-bond donors (Lipinski definition) is 1. The first-order valence-electron chi connectivity index (χ1n) is 9.15. The van der Waals surface area contributed by atoms with Crippen molar-refractivity contribution in [3.63, 3.8) is 0 Å². The summed E-state index contributed by atoms with van der Waals surface area (Å²) in [5, 5.41) is 19.1. The van der Waals surface area contributed by atoms with Gasteiger partial charge in [-0.3, -0.25) is 4.79 Å². The highest BCUT2D eigenvalue weighted by Crippen LogP contribution is 2.31. The van der Waals surface area contributed by atoms with Crippen LogP contribution in [0.25, 0.3) is 0 Å². The van der Waals surface area contributed by atoms with Crippen LogP contribution in [-0.2, 0) is 13.2 Å². The smallest absolute Gasteiger partial charge is 0.163 e. The number of hydrogen-bond acceptors (Lipinski definition) is 5. The third-order valence-corrected chi connectivity index (χ3v) is 4.54. The van der Waals surface area contributed by atoms with Gasteiger partial charge in [0.25, 0.3) is 0 Å². The minimum Gasteiger partial charge on any atom is -0.507 e. The monoisotopic (exact) mass is 387 g/mol. The number of rotatable bonds is 7. The maximum Gasteiger partial charge on any atom is 0.163 e. The van der Waals surface area contributed by atoms with Gasteiger partial charge in [0.1, 0.15) is 30.5 Å². The highest BCUT2D eigenvalue weighted by molar-refractivity contribution is 5.97. The van der Waals surface area contributed by atoms with Gasteiger partial charge in [0.15, 0.2) is 5.78 Å². The van der Waals surface area contributed by atoms with Crippen LogP contribution in [0, 0.1) is 18.3 Å². The molecule has 0 aliphatic heterocycles. The van der Waals surface area contributed by atoms with E-state index < -0.39 is 0 Å². The highest BCUT2D eigenvalue weighted by Gasteiger charge is 2.13. The second kappa shape index (κ2) is 8.94. The third-order valence-electron chi connectivity index (χ3n) is 4.54. The van der Waals surface area contributed by atoms with Gasteiger partial charge in [0, 0.05) is 5.56 Å². The van der Waals surface area contributed by atoms with Crippen molar-refractivity contribution >= 4 is 5.78 Å². The molecule has 0 saturated carbocycles. The predicted octanol–water partition coefficient (Wildman–Crippen LogP) is 4.93. The molecule has 0 bridgehead atoms. The van der Waals surface area contributed by atoms with Gasteiger partial charge in [-0.05, 0) is 61.4 Å². The van der Waals surface area contributed by atoms with Gasteiger partial charge in [-0.1, -0.05) is 24.3 Å². The van der Waals surface area contributed by atoms with E-state index >= 15 is 0 Å². The summed E-state index contributed by atoms with van der Waals surface area (Å²) in [6.07, 6.45) is 0. The van der Waals surface area contributed by atoms with E-state index in [2.05, 4.69) is 6.07 Å². The van der Waals surface area contributed by atoms with E-state index in [0.29, 0.717) is 30.1 Å². The Balaban J connectivity index is 1.59. The molecular weight excluding hydrogens is 366 g/mol. The standard InChI is InChI=1S/C24H21NO4/c1-16-23(11-10-22(17(2)26)24(16)27)29-14-18-6-8-21(9-7-18)28-15-20-5-3-4-19(12-20)13-25/h3-12,27H,14-15H2,1-2H3. The molecule has 146 valence electrons. The summed E-state index contributed by atoms with van der Waals surface area (Å²) < 4.78 is 11.6. The second-order valence-corrected chi connectivity index (χ2v) is 6.67. The predicted molar refractivity (Wildman–Crippen MR) is 109 cm³/mol. The van der Waals surface area contributed by atoms with E-state index in [1.165, 1.54) is 6.92 Å². The lowest BCUT2D eigenvalue weighted by molar-refractivity contribution is 0.101. The molecule has 0 amide bonds. The van der Waals surface area contributed by atoms with Gasteiger partial charge in [0.2, 0.25) is 0 Å². The van der Waals surface area contributed by atoms with Crippen molar-refractivity contribution < 1.29 is 19.4 Å². The molecule has 1 N–H and O–H groups in total. The van der Waals surface area contributed by atoms with Crippen LogP contribution in [0.3, 0.4) is 0 Å². The number of nitrogens with zero attached hydrogens (tertiary/aromatic N) is 1.